The lowest BCUT2D eigenvalue weighted by atomic mass is 10.1. The first-order valence-corrected chi connectivity index (χ1v) is 12.1. The van der Waals surface area contributed by atoms with Crippen molar-refractivity contribution in [3.63, 3.8) is 0 Å². The number of likely N-dealkylation sites (N-methyl/N-ethyl adjacent to an activating group) is 1. The lowest BCUT2D eigenvalue weighted by molar-refractivity contribution is -0.122. The summed E-state index contributed by atoms with van der Waals surface area (Å²) < 4.78 is 3.35. The number of carbonyl (C=O) groups is 1. The summed E-state index contributed by atoms with van der Waals surface area (Å²) in [7, 11) is 0. The van der Waals surface area contributed by atoms with Gasteiger partial charge in [0.1, 0.15) is 12.1 Å². The SMILES string of the molecule is CCN1CCCC1CNC(=O)Cn1ncc2c3ccccc3n(Cc3ccccc3C)c2c1=O. The fourth-order valence-electron chi connectivity index (χ4n) is 5.19. The van der Waals surface area contributed by atoms with E-state index in [2.05, 4.69) is 45.9 Å². The van der Waals surface area contributed by atoms with Gasteiger partial charge in [-0.3, -0.25) is 14.5 Å². The molecule has 1 aliphatic rings. The predicted octanol–water partition coefficient (Wildman–Crippen LogP) is 3.31. The Balaban J connectivity index is 1.47. The largest absolute Gasteiger partial charge is 0.353 e. The van der Waals surface area contributed by atoms with E-state index >= 15 is 0 Å². The number of fused-ring (bicyclic) bond motifs is 3. The van der Waals surface area contributed by atoms with Crippen LogP contribution in [0.1, 0.15) is 30.9 Å². The summed E-state index contributed by atoms with van der Waals surface area (Å²) in [5.41, 5.74) is 3.66. The summed E-state index contributed by atoms with van der Waals surface area (Å²) in [5.74, 6) is -0.182. The van der Waals surface area contributed by atoms with Gasteiger partial charge in [-0.05, 0) is 50.0 Å². The van der Waals surface area contributed by atoms with Gasteiger partial charge in [-0.1, -0.05) is 49.4 Å². The molecule has 1 atom stereocenters. The molecule has 34 heavy (non-hydrogen) atoms. The van der Waals surface area contributed by atoms with Crippen LogP contribution in [0.4, 0.5) is 0 Å². The highest BCUT2D eigenvalue weighted by Gasteiger charge is 2.23. The van der Waals surface area contributed by atoms with E-state index in [1.165, 1.54) is 10.2 Å². The van der Waals surface area contributed by atoms with Crippen molar-refractivity contribution in [2.45, 2.75) is 45.8 Å². The van der Waals surface area contributed by atoms with Crippen molar-refractivity contribution in [2.24, 2.45) is 0 Å². The highest BCUT2D eigenvalue weighted by molar-refractivity contribution is 6.07. The van der Waals surface area contributed by atoms with Gasteiger partial charge in [0.2, 0.25) is 5.91 Å². The zero-order valence-electron chi connectivity index (χ0n) is 19.8. The maximum Gasteiger partial charge on any atom is 0.291 e. The first-order valence-electron chi connectivity index (χ1n) is 12.1. The number of hydrogen-bond donors (Lipinski definition) is 1. The third kappa shape index (κ3) is 4.12. The van der Waals surface area contributed by atoms with Gasteiger partial charge in [-0.2, -0.15) is 5.10 Å². The second-order valence-corrected chi connectivity index (χ2v) is 9.13. The Bertz CT molecular complexity index is 1400. The number of nitrogens with zero attached hydrogens (tertiary/aromatic N) is 4. The molecule has 1 fully saturated rings. The number of aryl methyl sites for hydroxylation is 1. The minimum Gasteiger partial charge on any atom is -0.353 e. The van der Waals surface area contributed by atoms with E-state index in [1.54, 1.807) is 6.20 Å². The van der Waals surface area contributed by atoms with Crippen molar-refractivity contribution >= 4 is 27.7 Å². The molecule has 5 rings (SSSR count). The molecule has 1 unspecified atom stereocenters. The molecule has 0 saturated carbocycles. The molecule has 2 aromatic heterocycles. The van der Waals surface area contributed by atoms with Crippen LogP contribution >= 0.6 is 0 Å². The quantitative estimate of drug-likeness (QED) is 0.462. The summed E-state index contributed by atoms with van der Waals surface area (Å²) >= 11 is 0. The van der Waals surface area contributed by atoms with Gasteiger partial charge >= 0.3 is 0 Å². The first kappa shape index (κ1) is 22.3. The fraction of sp³-hybridized carbons (Fsp3) is 0.370. The van der Waals surface area contributed by atoms with Crippen LogP contribution in [-0.2, 0) is 17.9 Å². The summed E-state index contributed by atoms with van der Waals surface area (Å²) in [6.45, 7) is 7.41. The van der Waals surface area contributed by atoms with Crippen molar-refractivity contribution in [1.82, 2.24) is 24.6 Å². The van der Waals surface area contributed by atoms with Crippen LogP contribution in [0.5, 0.6) is 0 Å². The predicted molar refractivity (Wildman–Crippen MR) is 135 cm³/mol. The van der Waals surface area contributed by atoms with Crippen molar-refractivity contribution in [2.75, 3.05) is 19.6 Å². The van der Waals surface area contributed by atoms with Crippen LogP contribution in [-0.4, -0.2) is 50.8 Å². The molecule has 1 N–H and O–H groups in total. The lowest BCUT2D eigenvalue weighted by Crippen LogP contribution is -2.42. The third-order valence-electron chi connectivity index (χ3n) is 7.10. The van der Waals surface area contributed by atoms with Crippen LogP contribution in [0, 0.1) is 6.92 Å². The molecule has 1 amide bonds. The van der Waals surface area contributed by atoms with Crippen molar-refractivity contribution in [3.05, 3.63) is 76.2 Å². The molecule has 4 aromatic rings. The van der Waals surface area contributed by atoms with E-state index in [1.807, 2.05) is 36.4 Å². The topological polar surface area (TPSA) is 72.2 Å². The molecule has 3 heterocycles. The monoisotopic (exact) mass is 457 g/mol. The van der Waals surface area contributed by atoms with E-state index in [0.29, 0.717) is 24.6 Å². The Morgan fingerprint density at radius 2 is 1.91 bits per heavy atom. The Labute approximate surface area is 199 Å². The lowest BCUT2D eigenvalue weighted by Gasteiger charge is -2.22. The van der Waals surface area contributed by atoms with Gasteiger partial charge in [0.05, 0.1) is 6.20 Å². The number of carbonyl (C=O) groups excluding carboxylic acids is 1. The van der Waals surface area contributed by atoms with Crippen LogP contribution in [0.3, 0.4) is 0 Å². The Kier molecular flexibility index (Phi) is 6.20. The number of para-hydroxylation sites is 1. The third-order valence-corrected chi connectivity index (χ3v) is 7.10. The van der Waals surface area contributed by atoms with Crippen LogP contribution in [0.15, 0.2) is 59.5 Å². The number of rotatable bonds is 7. The first-order chi connectivity index (χ1) is 16.6. The fourth-order valence-corrected chi connectivity index (χ4v) is 5.19. The Morgan fingerprint density at radius 3 is 2.74 bits per heavy atom. The zero-order valence-corrected chi connectivity index (χ0v) is 19.8. The molecular formula is C27H31N5O2. The molecule has 7 nitrogen and oxygen atoms in total. The van der Waals surface area contributed by atoms with Gasteiger partial charge in [0.15, 0.2) is 0 Å². The molecule has 1 aliphatic heterocycles. The number of hydrogen-bond acceptors (Lipinski definition) is 4. The zero-order chi connectivity index (χ0) is 23.7. The van der Waals surface area contributed by atoms with Gasteiger partial charge in [0.25, 0.3) is 5.56 Å². The van der Waals surface area contributed by atoms with Gasteiger partial charge in [-0.15, -0.1) is 0 Å². The molecule has 0 bridgehead atoms. The molecule has 2 aromatic carbocycles. The minimum absolute atomic E-state index is 0.0838. The molecule has 176 valence electrons. The highest BCUT2D eigenvalue weighted by Crippen LogP contribution is 2.27. The van der Waals surface area contributed by atoms with Crippen LogP contribution in [0.2, 0.25) is 0 Å². The second kappa shape index (κ2) is 9.43. The molecule has 0 radical (unpaired) electrons. The van der Waals surface area contributed by atoms with Crippen molar-refractivity contribution in [1.29, 1.82) is 0 Å². The van der Waals surface area contributed by atoms with Crippen LogP contribution < -0.4 is 10.9 Å². The highest BCUT2D eigenvalue weighted by atomic mass is 16.2. The Hall–Kier alpha value is -3.45. The summed E-state index contributed by atoms with van der Waals surface area (Å²) in [4.78, 5) is 28.7. The molecule has 1 saturated heterocycles. The standard InChI is InChI=1S/C27H31N5O2/c1-3-30-14-8-11-21(30)15-28-25(33)18-32-27(34)26-23(16-29-32)22-12-6-7-13-24(22)31(26)17-20-10-5-4-9-19(20)2/h4-7,9-10,12-13,16,21H,3,8,11,14-15,17-18H2,1-2H3,(H,28,33). The average Bonchev–Trinajstić information content (AvgIpc) is 3.44. The van der Waals surface area contributed by atoms with E-state index in [-0.39, 0.29) is 18.0 Å². The second-order valence-electron chi connectivity index (χ2n) is 9.13. The van der Waals surface area contributed by atoms with Crippen molar-refractivity contribution in [3.8, 4) is 0 Å². The van der Waals surface area contributed by atoms with E-state index < -0.39 is 0 Å². The van der Waals surface area contributed by atoms with E-state index in [4.69, 9.17) is 0 Å². The maximum absolute atomic E-state index is 13.6. The van der Waals surface area contributed by atoms with Gasteiger partial charge in [0, 0.05) is 35.4 Å². The minimum atomic E-state index is -0.242. The van der Waals surface area contributed by atoms with Crippen molar-refractivity contribution < 1.29 is 4.79 Å². The molecular weight excluding hydrogens is 426 g/mol. The van der Waals surface area contributed by atoms with Gasteiger partial charge in [-0.25, -0.2) is 4.68 Å². The maximum atomic E-state index is 13.6. The molecule has 0 aliphatic carbocycles. The number of benzene rings is 2. The smallest absolute Gasteiger partial charge is 0.291 e. The number of aromatic nitrogens is 3. The molecule has 0 spiro atoms. The number of nitrogens with one attached hydrogen (secondary N) is 1. The number of amides is 1. The van der Waals surface area contributed by atoms with E-state index in [0.717, 1.165) is 47.8 Å². The normalized spacial score (nSPS) is 16.5. The van der Waals surface area contributed by atoms with E-state index in [9.17, 15) is 9.59 Å². The summed E-state index contributed by atoms with van der Waals surface area (Å²) in [5, 5.41) is 9.19. The van der Waals surface area contributed by atoms with Crippen LogP contribution in [0.25, 0.3) is 21.8 Å². The Morgan fingerprint density at radius 1 is 1.12 bits per heavy atom. The molecule has 7 heteroatoms. The summed E-state index contributed by atoms with van der Waals surface area (Å²) in [6, 6.07) is 16.6. The summed E-state index contributed by atoms with van der Waals surface area (Å²) in [6.07, 6.45) is 3.98. The number of likely N-dealkylation sites (tertiary alicyclic amines) is 1. The average molecular weight is 458 g/mol. The van der Waals surface area contributed by atoms with Gasteiger partial charge < -0.3 is 9.88 Å².